The fourth-order valence-electron chi connectivity index (χ4n) is 5.15. The summed E-state index contributed by atoms with van der Waals surface area (Å²) >= 11 is 0. The molecule has 1 spiro atoms. The SMILES string of the molecule is CC(C)(C)c1cc(CC(=O)Cc2ccc(C#Cc3ccc(OCCCN4CC5(COC5)C4)c(C(F)(F)F)c3)cc2)no1. The molecular formula is C33H35F3N2O4. The van der Waals surface area contributed by atoms with Gasteiger partial charge in [0.25, 0.3) is 0 Å². The summed E-state index contributed by atoms with van der Waals surface area (Å²) in [6.45, 7) is 10.6. The molecule has 2 aliphatic heterocycles. The number of halogens is 3. The van der Waals surface area contributed by atoms with Crippen LogP contribution in [0.25, 0.3) is 0 Å². The van der Waals surface area contributed by atoms with Crippen molar-refractivity contribution in [3.63, 3.8) is 0 Å². The van der Waals surface area contributed by atoms with E-state index in [2.05, 4.69) is 21.9 Å². The predicted molar refractivity (Wildman–Crippen MR) is 151 cm³/mol. The summed E-state index contributed by atoms with van der Waals surface area (Å²) in [4.78, 5) is 14.8. The number of rotatable bonds is 9. The number of benzene rings is 2. The molecule has 6 nitrogen and oxygen atoms in total. The molecule has 5 rings (SSSR count). The third-order valence-electron chi connectivity index (χ3n) is 7.48. The molecular weight excluding hydrogens is 545 g/mol. The average Bonchev–Trinajstić information content (AvgIpc) is 3.35. The summed E-state index contributed by atoms with van der Waals surface area (Å²) in [6.07, 6.45) is -3.50. The maximum absolute atomic E-state index is 13.8. The molecule has 42 heavy (non-hydrogen) atoms. The molecule has 3 aromatic rings. The highest BCUT2D eigenvalue weighted by Crippen LogP contribution is 2.38. The van der Waals surface area contributed by atoms with Crippen molar-refractivity contribution in [3.8, 4) is 17.6 Å². The molecule has 2 aliphatic rings. The van der Waals surface area contributed by atoms with Crippen molar-refractivity contribution < 1.29 is 32.0 Å². The van der Waals surface area contributed by atoms with E-state index < -0.39 is 11.7 Å². The number of alkyl halides is 3. The summed E-state index contributed by atoms with van der Waals surface area (Å²) in [7, 11) is 0. The lowest BCUT2D eigenvalue weighted by Crippen LogP contribution is -2.65. The van der Waals surface area contributed by atoms with Crippen molar-refractivity contribution in [1.29, 1.82) is 0 Å². The molecule has 3 heterocycles. The molecule has 2 aromatic carbocycles. The van der Waals surface area contributed by atoms with E-state index >= 15 is 0 Å². The summed E-state index contributed by atoms with van der Waals surface area (Å²) in [5, 5.41) is 4.00. The second-order valence-corrected chi connectivity index (χ2v) is 12.4. The molecule has 0 aliphatic carbocycles. The minimum atomic E-state index is -4.56. The molecule has 1 aromatic heterocycles. The minimum Gasteiger partial charge on any atom is -0.493 e. The summed E-state index contributed by atoms with van der Waals surface area (Å²) in [6, 6.07) is 12.8. The van der Waals surface area contributed by atoms with E-state index in [1.54, 1.807) is 24.3 Å². The van der Waals surface area contributed by atoms with E-state index in [0.717, 1.165) is 50.2 Å². The molecule has 0 radical (unpaired) electrons. The van der Waals surface area contributed by atoms with Gasteiger partial charge in [0.1, 0.15) is 17.3 Å². The molecule has 0 N–H and O–H groups in total. The van der Waals surface area contributed by atoms with Crippen LogP contribution >= 0.6 is 0 Å². The largest absolute Gasteiger partial charge is 0.493 e. The van der Waals surface area contributed by atoms with Crippen molar-refractivity contribution in [2.24, 2.45) is 5.41 Å². The van der Waals surface area contributed by atoms with Gasteiger partial charge in [-0.3, -0.25) is 4.79 Å². The second-order valence-electron chi connectivity index (χ2n) is 12.4. The van der Waals surface area contributed by atoms with Crippen molar-refractivity contribution >= 4 is 5.78 Å². The van der Waals surface area contributed by atoms with Gasteiger partial charge < -0.3 is 18.9 Å². The van der Waals surface area contributed by atoms with Crippen LogP contribution in [0.3, 0.4) is 0 Å². The van der Waals surface area contributed by atoms with Gasteiger partial charge in [-0.05, 0) is 42.3 Å². The second kappa shape index (κ2) is 11.9. The Hall–Kier alpha value is -3.61. The fraction of sp³-hybridized carbons (Fsp3) is 0.455. The normalized spacial score (nSPS) is 16.3. The Labute approximate surface area is 244 Å². The Bertz CT molecular complexity index is 1460. The molecule has 2 fully saturated rings. The molecule has 0 atom stereocenters. The van der Waals surface area contributed by atoms with Crippen molar-refractivity contribution in [3.05, 3.63) is 82.2 Å². The van der Waals surface area contributed by atoms with Crippen LogP contribution in [0.1, 0.15) is 60.9 Å². The van der Waals surface area contributed by atoms with E-state index in [4.69, 9.17) is 14.0 Å². The quantitative estimate of drug-likeness (QED) is 0.234. The van der Waals surface area contributed by atoms with E-state index in [1.807, 2.05) is 26.8 Å². The number of carbonyl (C=O) groups excluding carboxylic acids is 1. The van der Waals surface area contributed by atoms with Gasteiger partial charge in [-0.15, -0.1) is 0 Å². The molecule has 0 saturated carbocycles. The minimum absolute atomic E-state index is 0.00212. The van der Waals surface area contributed by atoms with Gasteiger partial charge >= 0.3 is 6.18 Å². The molecule has 9 heteroatoms. The van der Waals surface area contributed by atoms with Crippen LogP contribution in [-0.4, -0.2) is 55.3 Å². The third kappa shape index (κ3) is 7.42. The van der Waals surface area contributed by atoms with Crippen LogP contribution in [0.15, 0.2) is 53.1 Å². The molecule has 222 valence electrons. The number of hydrogen-bond donors (Lipinski definition) is 0. The first-order chi connectivity index (χ1) is 19.9. The fourth-order valence-corrected chi connectivity index (χ4v) is 5.15. The van der Waals surface area contributed by atoms with Crippen molar-refractivity contribution in [2.45, 2.75) is 51.6 Å². The average molecular weight is 581 g/mol. The van der Waals surface area contributed by atoms with Gasteiger partial charge in [-0.1, -0.05) is 49.9 Å². The molecule has 2 saturated heterocycles. The van der Waals surface area contributed by atoms with Crippen LogP contribution in [0.4, 0.5) is 13.2 Å². The lowest BCUT2D eigenvalue weighted by atomic mass is 9.78. The monoisotopic (exact) mass is 580 g/mol. The number of likely N-dealkylation sites (tertiary alicyclic amines) is 1. The van der Waals surface area contributed by atoms with Gasteiger partial charge in [0, 0.05) is 54.1 Å². The molecule has 0 bridgehead atoms. The Morgan fingerprint density at radius 2 is 1.69 bits per heavy atom. The number of ether oxygens (including phenoxy) is 2. The van der Waals surface area contributed by atoms with E-state index in [9.17, 15) is 18.0 Å². The van der Waals surface area contributed by atoms with Crippen LogP contribution in [0, 0.1) is 17.3 Å². The van der Waals surface area contributed by atoms with Gasteiger partial charge in [-0.25, -0.2) is 0 Å². The lowest BCUT2D eigenvalue weighted by molar-refractivity contribution is -0.189. The van der Waals surface area contributed by atoms with Gasteiger partial charge in [0.2, 0.25) is 0 Å². The van der Waals surface area contributed by atoms with Crippen LogP contribution in [0.5, 0.6) is 5.75 Å². The Kier molecular flexibility index (Phi) is 8.49. The summed E-state index contributed by atoms with van der Waals surface area (Å²) in [5.41, 5.74) is 1.59. The zero-order valence-electron chi connectivity index (χ0n) is 24.1. The highest BCUT2D eigenvalue weighted by Gasteiger charge is 2.48. The summed E-state index contributed by atoms with van der Waals surface area (Å²) < 4.78 is 57.5. The Morgan fingerprint density at radius 3 is 2.31 bits per heavy atom. The lowest BCUT2D eigenvalue weighted by Gasteiger charge is -2.55. The number of Topliss-reactive ketones (excluding diaryl/α,β-unsaturated/α-hetero) is 1. The van der Waals surface area contributed by atoms with Crippen molar-refractivity contribution in [2.75, 3.05) is 39.5 Å². The zero-order valence-corrected chi connectivity index (χ0v) is 24.1. The maximum atomic E-state index is 13.8. The first-order valence-electron chi connectivity index (χ1n) is 14.1. The maximum Gasteiger partial charge on any atom is 0.420 e. The summed E-state index contributed by atoms with van der Waals surface area (Å²) in [5.74, 6) is 6.27. The number of aromatic nitrogens is 1. The van der Waals surface area contributed by atoms with E-state index in [-0.39, 0.29) is 42.0 Å². The predicted octanol–water partition coefficient (Wildman–Crippen LogP) is 5.85. The van der Waals surface area contributed by atoms with Crippen LogP contribution in [0.2, 0.25) is 0 Å². The number of carbonyl (C=O) groups is 1. The highest BCUT2D eigenvalue weighted by atomic mass is 19.4. The first kappa shape index (κ1) is 29.9. The van der Waals surface area contributed by atoms with Gasteiger partial charge in [-0.2, -0.15) is 13.2 Å². The third-order valence-corrected chi connectivity index (χ3v) is 7.48. The number of hydrogen-bond acceptors (Lipinski definition) is 6. The Morgan fingerprint density at radius 1 is 1.00 bits per heavy atom. The number of ketones is 1. The van der Waals surface area contributed by atoms with Gasteiger partial charge in [0.05, 0.1) is 37.5 Å². The van der Waals surface area contributed by atoms with Gasteiger partial charge in [0.15, 0.2) is 0 Å². The number of nitrogens with zero attached hydrogens (tertiary/aromatic N) is 2. The first-order valence-corrected chi connectivity index (χ1v) is 14.1. The van der Waals surface area contributed by atoms with Crippen LogP contribution < -0.4 is 4.74 Å². The standard InChI is InChI=1S/C33H35F3N2O4/c1-31(2,3)30-18-26(37-42-30)17-27(39)15-24-8-5-23(6-9-24)7-10-25-11-12-29(28(16-25)33(34,35)36)41-14-4-13-38-19-32(20-38)21-40-22-32/h5-6,8-9,11-12,16,18H,4,13-15,17,19-22H2,1-3H3. The molecule has 0 unspecified atom stereocenters. The van der Waals surface area contributed by atoms with E-state index in [1.165, 1.54) is 12.1 Å². The topological polar surface area (TPSA) is 64.8 Å². The Balaban J connectivity index is 1.14. The van der Waals surface area contributed by atoms with Crippen molar-refractivity contribution in [1.82, 2.24) is 10.1 Å². The zero-order chi connectivity index (χ0) is 30.0. The highest BCUT2D eigenvalue weighted by molar-refractivity contribution is 5.82. The smallest absolute Gasteiger partial charge is 0.420 e. The van der Waals surface area contributed by atoms with E-state index in [0.29, 0.717) is 23.1 Å². The molecule has 0 amide bonds. The van der Waals surface area contributed by atoms with Crippen LogP contribution in [-0.2, 0) is 34.0 Å².